The molecule has 0 bridgehead atoms. The molecule has 2 N–H and O–H groups in total. The zero-order valence-electron chi connectivity index (χ0n) is 8.35. The molecule has 5 heteroatoms. The minimum atomic E-state index is -0.121. The summed E-state index contributed by atoms with van der Waals surface area (Å²) >= 11 is 0. The maximum absolute atomic E-state index is 11.8. The predicted molar refractivity (Wildman–Crippen MR) is 53.7 cm³/mol. The third kappa shape index (κ3) is 2.14. The van der Waals surface area contributed by atoms with E-state index in [0.29, 0.717) is 31.0 Å². The summed E-state index contributed by atoms with van der Waals surface area (Å²) in [4.78, 5) is 21.1. The van der Waals surface area contributed by atoms with Crippen molar-refractivity contribution < 1.29 is 9.63 Å². The Hall–Kier alpha value is -1.46. The van der Waals surface area contributed by atoms with E-state index in [1.165, 1.54) is 5.06 Å². The zero-order chi connectivity index (χ0) is 10.7. The van der Waals surface area contributed by atoms with E-state index >= 15 is 0 Å². The summed E-state index contributed by atoms with van der Waals surface area (Å²) in [7, 11) is 0. The lowest BCUT2D eigenvalue weighted by atomic mass is 10.2. The molecule has 1 fully saturated rings. The number of pyridine rings is 1. The molecule has 0 unspecified atom stereocenters. The molecule has 80 valence electrons. The fraction of sp³-hybridized carbons (Fsp3) is 0.400. The Bertz CT molecular complexity index is 361. The SMILES string of the molecule is NCc1cc(C(=O)N2CCCO2)ccn1. The molecule has 15 heavy (non-hydrogen) atoms. The molecular formula is C10H13N3O2. The van der Waals surface area contributed by atoms with Gasteiger partial charge in [0, 0.05) is 18.3 Å². The highest BCUT2D eigenvalue weighted by molar-refractivity contribution is 5.93. The summed E-state index contributed by atoms with van der Waals surface area (Å²) in [6, 6.07) is 3.37. The molecule has 1 aliphatic rings. The highest BCUT2D eigenvalue weighted by Gasteiger charge is 2.20. The van der Waals surface area contributed by atoms with Crippen molar-refractivity contribution in [3.8, 4) is 0 Å². The van der Waals surface area contributed by atoms with Crippen molar-refractivity contribution in [3.05, 3.63) is 29.6 Å². The molecule has 1 aromatic rings. The minimum absolute atomic E-state index is 0.121. The normalized spacial score (nSPS) is 15.7. The molecule has 1 amide bonds. The summed E-state index contributed by atoms with van der Waals surface area (Å²) in [6.07, 6.45) is 2.48. The molecule has 2 heterocycles. The van der Waals surface area contributed by atoms with Gasteiger partial charge in [-0.15, -0.1) is 0 Å². The van der Waals surface area contributed by atoms with Crippen LogP contribution in [-0.4, -0.2) is 29.1 Å². The van der Waals surface area contributed by atoms with Gasteiger partial charge in [-0.1, -0.05) is 0 Å². The quantitative estimate of drug-likeness (QED) is 0.758. The van der Waals surface area contributed by atoms with Crippen LogP contribution in [0.25, 0.3) is 0 Å². The molecule has 1 saturated heterocycles. The van der Waals surface area contributed by atoms with Crippen molar-refractivity contribution in [1.29, 1.82) is 0 Å². The molecule has 0 saturated carbocycles. The number of aromatic nitrogens is 1. The topological polar surface area (TPSA) is 68.5 Å². The first kappa shape index (κ1) is 10.1. The molecule has 2 rings (SSSR count). The zero-order valence-corrected chi connectivity index (χ0v) is 8.35. The van der Waals surface area contributed by atoms with E-state index in [2.05, 4.69) is 4.98 Å². The lowest BCUT2D eigenvalue weighted by molar-refractivity contribution is -0.0768. The van der Waals surface area contributed by atoms with Crippen molar-refractivity contribution in [2.75, 3.05) is 13.2 Å². The Morgan fingerprint density at radius 1 is 1.67 bits per heavy atom. The first-order valence-corrected chi connectivity index (χ1v) is 4.91. The Kier molecular flexibility index (Phi) is 2.94. The van der Waals surface area contributed by atoms with Gasteiger partial charge in [-0.05, 0) is 18.6 Å². The summed E-state index contributed by atoms with van der Waals surface area (Å²) < 4.78 is 0. The third-order valence-electron chi connectivity index (χ3n) is 2.25. The van der Waals surface area contributed by atoms with Crippen molar-refractivity contribution in [2.45, 2.75) is 13.0 Å². The lowest BCUT2D eigenvalue weighted by Gasteiger charge is -2.13. The Labute approximate surface area is 87.8 Å². The summed E-state index contributed by atoms with van der Waals surface area (Å²) in [5.41, 5.74) is 6.74. The molecule has 0 radical (unpaired) electrons. The second-order valence-electron chi connectivity index (χ2n) is 3.33. The van der Waals surface area contributed by atoms with Gasteiger partial charge in [-0.25, -0.2) is 5.06 Å². The second-order valence-corrected chi connectivity index (χ2v) is 3.33. The van der Waals surface area contributed by atoms with Gasteiger partial charge in [0.1, 0.15) is 0 Å². The van der Waals surface area contributed by atoms with Gasteiger partial charge in [-0.2, -0.15) is 0 Å². The Morgan fingerprint density at radius 3 is 3.20 bits per heavy atom. The first-order chi connectivity index (χ1) is 7.31. The summed E-state index contributed by atoms with van der Waals surface area (Å²) in [5, 5.41) is 1.38. The largest absolute Gasteiger partial charge is 0.325 e. The Morgan fingerprint density at radius 2 is 2.53 bits per heavy atom. The molecule has 1 aromatic heterocycles. The molecule has 0 aromatic carbocycles. The standard InChI is InChI=1S/C10H13N3O2/c11-7-9-6-8(2-3-12-9)10(14)13-4-1-5-15-13/h2-3,6H,1,4-5,7,11H2. The van der Waals surface area contributed by atoms with Gasteiger partial charge < -0.3 is 5.73 Å². The number of nitrogens with zero attached hydrogens (tertiary/aromatic N) is 2. The second kappa shape index (κ2) is 4.37. The number of carbonyl (C=O) groups excluding carboxylic acids is 1. The summed E-state index contributed by atoms with van der Waals surface area (Å²) in [6.45, 7) is 1.60. The van der Waals surface area contributed by atoms with Crippen LogP contribution < -0.4 is 5.73 Å². The van der Waals surface area contributed by atoms with Crippen LogP contribution >= 0.6 is 0 Å². The first-order valence-electron chi connectivity index (χ1n) is 4.91. The summed E-state index contributed by atoms with van der Waals surface area (Å²) in [5.74, 6) is -0.121. The smallest absolute Gasteiger partial charge is 0.277 e. The van der Waals surface area contributed by atoms with E-state index in [-0.39, 0.29) is 5.91 Å². The minimum Gasteiger partial charge on any atom is -0.325 e. The lowest BCUT2D eigenvalue weighted by Crippen LogP contribution is -2.26. The van der Waals surface area contributed by atoms with Crippen molar-refractivity contribution in [2.24, 2.45) is 5.73 Å². The number of hydrogen-bond donors (Lipinski definition) is 1. The number of hydroxylamine groups is 2. The molecule has 0 atom stereocenters. The third-order valence-corrected chi connectivity index (χ3v) is 2.25. The van der Waals surface area contributed by atoms with Crippen LogP contribution in [0.2, 0.25) is 0 Å². The van der Waals surface area contributed by atoms with Crippen LogP contribution in [0.4, 0.5) is 0 Å². The molecule has 0 aliphatic carbocycles. The van der Waals surface area contributed by atoms with Gasteiger partial charge in [0.25, 0.3) is 5.91 Å². The molecular weight excluding hydrogens is 194 g/mol. The van der Waals surface area contributed by atoms with E-state index in [9.17, 15) is 4.79 Å². The monoisotopic (exact) mass is 207 g/mol. The van der Waals surface area contributed by atoms with Crippen LogP contribution in [0.3, 0.4) is 0 Å². The van der Waals surface area contributed by atoms with E-state index in [1.807, 2.05) is 0 Å². The van der Waals surface area contributed by atoms with Crippen molar-refractivity contribution in [3.63, 3.8) is 0 Å². The van der Waals surface area contributed by atoms with Crippen LogP contribution in [0.5, 0.6) is 0 Å². The maximum Gasteiger partial charge on any atom is 0.277 e. The fourth-order valence-electron chi connectivity index (χ4n) is 1.47. The van der Waals surface area contributed by atoms with Crippen LogP contribution in [0.15, 0.2) is 18.3 Å². The Balaban J connectivity index is 2.17. The van der Waals surface area contributed by atoms with E-state index in [0.717, 1.165) is 6.42 Å². The van der Waals surface area contributed by atoms with E-state index in [4.69, 9.17) is 10.6 Å². The van der Waals surface area contributed by atoms with Crippen LogP contribution in [0.1, 0.15) is 22.5 Å². The number of carbonyl (C=O) groups is 1. The molecule has 5 nitrogen and oxygen atoms in total. The average molecular weight is 207 g/mol. The predicted octanol–water partition coefficient (Wildman–Crippen LogP) is 0.318. The highest BCUT2D eigenvalue weighted by atomic mass is 16.7. The van der Waals surface area contributed by atoms with E-state index < -0.39 is 0 Å². The number of hydrogen-bond acceptors (Lipinski definition) is 4. The van der Waals surface area contributed by atoms with Gasteiger partial charge in [-0.3, -0.25) is 14.6 Å². The van der Waals surface area contributed by atoms with Crippen LogP contribution in [0, 0.1) is 0 Å². The van der Waals surface area contributed by atoms with E-state index in [1.54, 1.807) is 18.3 Å². The van der Waals surface area contributed by atoms with Crippen molar-refractivity contribution in [1.82, 2.24) is 10.0 Å². The van der Waals surface area contributed by atoms with Gasteiger partial charge >= 0.3 is 0 Å². The van der Waals surface area contributed by atoms with Gasteiger partial charge in [0.2, 0.25) is 0 Å². The molecule has 1 aliphatic heterocycles. The molecule has 0 spiro atoms. The van der Waals surface area contributed by atoms with Gasteiger partial charge in [0.05, 0.1) is 18.8 Å². The fourth-order valence-corrected chi connectivity index (χ4v) is 1.47. The number of rotatable bonds is 2. The number of amides is 1. The van der Waals surface area contributed by atoms with Crippen LogP contribution in [-0.2, 0) is 11.4 Å². The van der Waals surface area contributed by atoms with Gasteiger partial charge in [0.15, 0.2) is 0 Å². The average Bonchev–Trinajstić information content (AvgIpc) is 2.81. The maximum atomic E-state index is 11.8. The van der Waals surface area contributed by atoms with Crippen molar-refractivity contribution >= 4 is 5.91 Å². The highest BCUT2D eigenvalue weighted by Crippen LogP contribution is 2.11. The number of nitrogens with two attached hydrogens (primary N) is 1.